The minimum absolute atomic E-state index is 0.0139. The Bertz CT molecular complexity index is 658. The monoisotopic (exact) mass is 371 g/mol. The van der Waals surface area contributed by atoms with Crippen molar-refractivity contribution in [1.82, 2.24) is 10.2 Å². The molecule has 1 saturated carbocycles. The second kappa shape index (κ2) is 9.25. The molecule has 1 heterocycles. The molecule has 1 aliphatic carbocycles. The smallest absolute Gasteiger partial charge is 0.232 e. The van der Waals surface area contributed by atoms with Crippen LogP contribution >= 0.6 is 0 Å². The summed E-state index contributed by atoms with van der Waals surface area (Å²) in [5.74, 6) is -0.148. The maximum absolute atomic E-state index is 12.5. The summed E-state index contributed by atoms with van der Waals surface area (Å²) in [5.41, 5.74) is 3.86. The van der Waals surface area contributed by atoms with Crippen molar-refractivity contribution in [3.05, 3.63) is 29.3 Å². The van der Waals surface area contributed by atoms with Crippen molar-refractivity contribution in [2.24, 2.45) is 0 Å². The van der Waals surface area contributed by atoms with Crippen LogP contribution in [0.25, 0.3) is 0 Å². The first kappa shape index (κ1) is 19.7. The minimum Gasteiger partial charge on any atom is -0.368 e. The highest BCUT2D eigenvalue weighted by atomic mass is 16.2. The Morgan fingerprint density at radius 1 is 1.00 bits per heavy atom. The Balaban J connectivity index is 1.46. The van der Waals surface area contributed by atoms with Gasteiger partial charge in [-0.3, -0.25) is 9.59 Å². The zero-order valence-corrected chi connectivity index (χ0v) is 16.8. The molecule has 1 aliphatic heterocycles. The summed E-state index contributed by atoms with van der Waals surface area (Å²) in [7, 11) is 0. The molecule has 27 heavy (non-hydrogen) atoms. The molecule has 2 aliphatic rings. The summed E-state index contributed by atoms with van der Waals surface area (Å²) < 4.78 is 0. The Hall–Kier alpha value is -2.04. The largest absolute Gasteiger partial charge is 0.368 e. The van der Waals surface area contributed by atoms with E-state index in [1.165, 1.54) is 42.5 Å². The van der Waals surface area contributed by atoms with Crippen LogP contribution in [0, 0.1) is 13.8 Å². The highest BCUT2D eigenvalue weighted by Crippen LogP contribution is 2.24. The zero-order chi connectivity index (χ0) is 19.2. The zero-order valence-electron chi connectivity index (χ0n) is 16.8. The van der Waals surface area contributed by atoms with E-state index in [2.05, 4.69) is 42.3 Å². The van der Waals surface area contributed by atoms with Crippen molar-refractivity contribution >= 4 is 17.5 Å². The van der Waals surface area contributed by atoms with Crippen LogP contribution in [0.2, 0.25) is 0 Å². The highest BCUT2D eigenvalue weighted by molar-refractivity contribution is 5.97. The van der Waals surface area contributed by atoms with Gasteiger partial charge >= 0.3 is 0 Å². The molecule has 1 saturated heterocycles. The standard InChI is InChI=1S/C22H33N3O2/c1-17-8-7-11-20(18(17)2)24-12-14-25(15-13-24)22(27)16-21(26)23-19-9-5-3-4-6-10-19/h7-8,11,19H,3-6,9-10,12-16H2,1-2H3,(H,23,26). The van der Waals surface area contributed by atoms with Gasteiger partial charge in [0.05, 0.1) is 0 Å². The molecule has 0 unspecified atom stereocenters. The Morgan fingerprint density at radius 3 is 2.33 bits per heavy atom. The fraction of sp³-hybridized carbons (Fsp3) is 0.636. The normalized spacial score (nSPS) is 18.9. The number of nitrogens with zero attached hydrogens (tertiary/aromatic N) is 2. The lowest BCUT2D eigenvalue weighted by molar-refractivity contribution is -0.136. The van der Waals surface area contributed by atoms with Crippen molar-refractivity contribution < 1.29 is 9.59 Å². The number of anilines is 1. The molecule has 0 aromatic heterocycles. The number of hydrogen-bond acceptors (Lipinski definition) is 3. The van der Waals surface area contributed by atoms with Crippen molar-refractivity contribution in [3.63, 3.8) is 0 Å². The molecule has 1 aromatic rings. The van der Waals surface area contributed by atoms with Gasteiger partial charge in [-0.05, 0) is 43.9 Å². The highest BCUT2D eigenvalue weighted by Gasteiger charge is 2.24. The van der Waals surface area contributed by atoms with Crippen LogP contribution in [-0.2, 0) is 9.59 Å². The summed E-state index contributed by atoms with van der Waals surface area (Å²) in [5, 5.41) is 3.08. The molecule has 2 fully saturated rings. The molecule has 0 atom stereocenters. The van der Waals surface area contributed by atoms with Crippen LogP contribution in [0.4, 0.5) is 5.69 Å². The fourth-order valence-electron chi connectivity index (χ4n) is 4.23. The number of rotatable bonds is 4. The van der Waals surface area contributed by atoms with Crippen LogP contribution in [-0.4, -0.2) is 48.9 Å². The molecule has 1 N–H and O–H groups in total. The van der Waals surface area contributed by atoms with E-state index in [0.717, 1.165) is 25.9 Å². The van der Waals surface area contributed by atoms with Gasteiger partial charge in [0.15, 0.2) is 0 Å². The number of hydrogen-bond donors (Lipinski definition) is 1. The van der Waals surface area contributed by atoms with Crippen LogP contribution in [0.5, 0.6) is 0 Å². The van der Waals surface area contributed by atoms with E-state index in [1.807, 2.05) is 4.90 Å². The van der Waals surface area contributed by atoms with Crippen molar-refractivity contribution in [2.45, 2.75) is 64.8 Å². The van der Waals surface area contributed by atoms with Crippen LogP contribution in [0.15, 0.2) is 18.2 Å². The van der Waals surface area contributed by atoms with Gasteiger partial charge in [0.25, 0.3) is 0 Å². The van der Waals surface area contributed by atoms with Gasteiger partial charge in [0.2, 0.25) is 11.8 Å². The molecular weight excluding hydrogens is 338 g/mol. The molecule has 3 rings (SSSR count). The number of carbonyl (C=O) groups excluding carboxylic acids is 2. The van der Waals surface area contributed by atoms with E-state index < -0.39 is 0 Å². The molecule has 0 spiro atoms. The minimum atomic E-state index is -0.108. The summed E-state index contributed by atoms with van der Waals surface area (Å²) in [6.45, 7) is 7.29. The third kappa shape index (κ3) is 5.24. The number of nitrogens with one attached hydrogen (secondary N) is 1. The maximum atomic E-state index is 12.5. The van der Waals surface area contributed by atoms with Crippen molar-refractivity contribution in [2.75, 3.05) is 31.1 Å². The summed E-state index contributed by atoms with van der Waals surface area (Å²) in [6, 6.07) is 6.63. The first-order valence-electron chi connectivity index (χ1n) is 10.4. The quantitative estimate of drug-likeness (QED) is 0.653. The van der Waals surface area contributed by atoms with Crippen molar-refractivity contribution in [3.8, 4) is 0 Å². The van der Waals surface area contributed by atoms with Crippen molar-refractivity contribution in [1.29, 1.82) is 0 Å². The number of aryl methyl sites for hydroxylation is 1. The first-order valence-corrected chi connectivity index (χ1v) is 10.4. The lowest BCUT2D eigenvalue weighted by Gasteiger charge is -2.37. The Kier molecular flexibility index (Phi) is 6.75. The van der Waals surface area contributed by atoms with E-state index in [1.54, 1.807) is 0 Å². The Morgan fingerprint density at radius 2 is 1.67 bits per heavy atom. The lowest BCUT2D eigenvalue weighted by atomic mass is 10.1. The SMILES string of the molecule is Cc1cccc(N2CCN(C(=O)CC(=O)NC3CCCCCC3)CC2)c1C. The molecule has 5 nitrogen and oxygen atoms in total. The second-order valence-electron chi connectivity index (χ2n) is 8.02. The molecule has 148 valence electrons. The number of benzene rings is 1. The third-order valence-corrected chi connectivity index (χ3v) is 6.08. The van der Waals surface area contributed by atoms with Crippen LogP contribution in [0.1, 0.15) is 56.1 Å². The van der Waals surface area contributed by atoms with Crippen LogP contribution < -0.4 is 10.2 Å². The van der Waals surface area contributed by atoms with E-state index in [9.17, 15) is 9.59 Å². The van der Waals surface area contributed by atoms with Gasteiger partial charge in [0, 0.05) is 37.9 Å². The van der Waals surface area contributed by atoms with Gasteiger partial charge in [0.1, 0.15) is 6.42 Å². The Labute approximate surface area is 163 Å². The van der Waals surface area contributed by atoms with Gasteiger partial charge < -0.3 is 15.1 Å². The average molecular weight is 372 g/mol. The molecule has 0 bridgehead atoms. The molecule has 1 aromatic carbocycles. The van der Waals surface area contributed by atoms with Gasteiger partial charge in [-0.2, -0.15) is 0 Å². The number of piperazine rings is 1. The summed E-state index contributed by atoms with van der Waals surface area (Å²) in [6.07, 6.45) is 6.97. The average Bonchev–Trinajstić information content (AvgIpc) is 2.92. The molecule has 2 amide bonds. The van der Waals surface area contributed by atoms with Gasteiger partial charge in [-0.15, -0.1) is 0 Å². The van der Waals surface area contributed by atoms with E-state index in [0.29, 0.717) is 13.1 Å². The van der Waals surface area contributed by atoms with Gasteiger partial charge in [-0.25, -0.2) is 0 Å². The second-order valence-corrected chi connectivity index (χ2v) is 8.02. The predicted molar refractivity (Wildman–Crippen MR) is 109 cm³/mol. The summed E-state index contributed by atoms with van der Waals surface area (Å²) >= 11 is 0. The molecule has 0 radical (unpaired) electrons. The maximum Gasteiger partial charge on any atom is 0.232 e. The van der Waals surface area contributed by atoms with E-state index in [4.69, 9.17) is 0 Å². The van der Waals surface area contributed by atoms with E-state index in [-0.39, 0.29) is 24.3 Å². The number of amides is 2. The van der Waals surface area contributed by atoms with Crippen LogP contribution in [0.3, 0.4) is 0 Å². The topological polar surface area (TPSA) is 52.7 Å². The third-order valence-electron chi connectivity index (χ3n) is 6.08. The van der Waals surface area contributed by atoms with E-state index >= 15 is 0 Å². The van der Waals surface area contributed by atoms with Gasteiger partial charge in [-0.1, -0.05) is 37.8 Å². The molecular formula is C22H33N3O2. The first-order chi connectivity index (χ1) is 13.0. The molecule has 5 heteroatoms. The summed E-state index contributed by atoms with van der Waals surface area (Å²) in [4.78, 5) is 29.0. The fourth-order valence-corrected chi connectivity index (χ4v) is 4.23. The lowest BCUT2D eigenvalue weighted by Crippen LogP contribution is -2.50. The predicted octanol–water partition coefficient (Wildman–Crippen LogP) is 3.18. The number of carbonyl (C=O) groups is 2.